The predicted molar refractivity (Wildman–Crippen MR) is 98.1 cm³/mol. The van der Waals surface area contributed by atoms with E-state index in [1.54, 1.807) is 0 Å². The molecule has 4 rings (SSSR count). The number of para-hydroxylation sites is 1. The van der Waals surface area contributed by atoms with Gasteiger partial charge in [-0.15, -0.1) is 0 Å². The van der Waals surface area contributed by atoms with Gasteiger partial charge in [-0.2, -0.15) is 18.2 Å². The van der Waals surface area contributed by atoms with Crippen molar-refractivity contribution in [1.29, 1.82) is 0 Å². The number of thioether (sulfide) groups is 1. The SMILES string of the molecule is O=C1CS/C(=N\c2nc3ccccc3s2)N1c1cccc(C(F)(F)F)c1. The number of rotatable bonds is 2. The first-order valence-electron chi connectivity index (χ1n) is 7.49. The highest BCUT2D eigenvalue weighted by atomic mass is 32.2. The zero-order valence-electron chi connectivity index (χ0n) is 13.0. The molecule has 4 nitrogen and oxygen atoms in total. The molecule has 2 heterocycles. The van der Waals surface area contributed by atoms with Gasteiger partial charge >= 0.3 is 6.18 Å². The normalized spacial score (nSPS) is 16.8. The summed E-state index contributed by atoms with van der Waals surface area (Å²) in [7, 11) is 0. The average Bonchev–Trinajstić information content (AvgIpc) is 3.17. The van der Waals surface area contributed by atoms with Crippen molar-refractivity contribution in [3.8, 4) is 0 Å². The average molecular weight is 393 g/mol. The second-order valence-corrected chi connectivity index (χ2v) is 7.38. The molecule has 1 aliphatic heterocycles. The maximum atomic E-state index is 13.0. The second kappa shape index (κ2) is 6.40. The summed E-state index contributed by atoms with van der Waals surface area (Å²) < 4.78 is 39.9. The number of fused-ring (bicyclic) bond motifs is 1. The summed E-state index contributed by atoms with van der Waals surface area (Å²) in [6.45, 7) is 0. The van der Waals surface area contributed by atoms with Crippen molar-refractivity contribution in [3.05, 3.63) is 54.1 Å². The maximum absolute atomic E-state index is 13.0. The van der Waals surface area contributed by atoms with E-state index in [1.807, 2.05) is 24.3 Å². The highest BCUT2D eigenvalue weighted by molar-refractivity contribution is 8.15. The lowest BCUT2D eigenvalue weighted by molar-refractivity contribution is -0.137. The lowest BCUT2D eigenvalue weighted by atomic mass is 10.2. The van der Waals surface area contributed by atoms with E-state index < -0.39 is 11.7 Å². The number of alkyl halides is 3. The Morgan fingerprint density at radius 3 is 2.69 bits per heavy atom. The highest BCUT2D eigenvalue weighted by Gasteiger charge is 2.34. The van der Waals surface area contributed by atoms with Gasteiger partial charge in [-0.3, -0.25) is 9.69 Å². The fraction of sp³-hybridized carbons (Fsp3) is 0.118. The third kappa shape index (κ3) is 3.19. The molecule has 0 aliphatic carbocycles. The molecule has 2 aromatic carbocycles. The molecule has 9 heteroatoms. The quantitative estimate of drug-likeness (QED) is 0.610. The maximum Gasteiger partial charge on any atom is 0.416 e. The summed E-state index contributed by atoms with van der Waals surface area (Å²) in [6.07, 6.45) is -4.48. The Labute approximate surface area is 154 Å². The number of aliphatic imine (C=N–C) groups is 1. The van der Waals surface area contributed by atoms with Crippen LogP contribution in [0.3, 0.4) is 0 Å². The molecule has 0 unspecified atom stereocenters. The summed E-state index contributed by atoms with van der Waals surface area (Å²) in [5.41, 5.74) is 0.130. The first-order valence-corrected chi connectivity index (χ1v) is 9.29. The van der Waals surface area contributed by atoms with E-state index in [2.05, 4.69) is 9.98 Å². The number of hydrogen-bond acceptors (Lipinski definition) is 5. The summed E-state index contributed by atoms with van der Waals surface area (Å²) in [5, 5.41) is 0.786. The second-order valence-electron chi connectivity index (χ2n) is 5.42. The monoisotopic (exact) mass is 393 g/mol. The van der Waals surface area contributed by atoms with Crippen LogP contribution >= 0.6 is 23.1 Å². The molecule has 0 atom stereocenters. The van der Waals surface area contributed by atoms with Crippen molar-refractivity contribution in [2.24, 2.45) is 4.99 Å². The molecule has 0 bridgehead atoms. The number of nitrogens with zero attached hydrogens (tertiary/aromatic N) is 3. The Balaban J connectivity index is 1.74. The van der Waals surface area contributed by atoms with Crippen LogP contribution in [0.5, 0.6) is 0 Å². The van der Waals surface area contributed by atoms with Gasteiger partial charge in [-0.05, 0) is 30.3 Å². The molecule has 1 amide bonds. The van der Waals surface area contributed by atoms with E-state index in [0.717, 1.165) is 22.3 Å². The number of halogens is 3. The minimum absolute atomic E-state index is 0.125. The lowest BCUT2D eigenvalue weighted by Crippen LogP contribution is -2.29. The Morgan fingerprint density at radius 2 is 1.92 bits per heavy atom. The minimum atomic E-state index is -4.48. The third-order valence-electron chi connectivity index (χ3n) is 3.67. The molecule has 1 aliphatic rings. The largest absolute Gasteiger partial charge is 0.416 e. The van der Waals surface area contributed by atoms with Crippen LogP contribution in [-0.4, -0.2) is 21.8 Å². The van der Waals surface area contributed by atoms with Gasteiger partial charge in [-0.1, -0.05) is 41.3 Å². The molecule has 1 saturated heterocycles. The summed E-state index contributed by atoms with van der Waals surface area (Å²) in [4.78, 5) is 22.2. The molecular formula is C17H10F3N3OS2. The zero-order valence-corrected chi connectivity index (χ0v) is 14.7. The fourth-order valence-corrected chi connectivity index (χ4v) is 4.27. The number of benzene rings is 2. The van der Waals surface area contributed by atoms with Gasteiger partial charge in [-0.25, -0.2) is 4.98 Å². The van der Waals surface area contributed by atoms with Crippen molar-refractivity contribution >= 4 is 55.2 Å². The molecule has 1 fully saturated rings. The minimum Gasteiger partial charge on any atom is -0.273 e. The van der Waals surface area contributed by atoms with Crippen molar-refractivity contribution in [1.82, 2.24) is 4.98 Å². The number of anilines is 1. The summed E-state index contributed by atoms with van der Waals surface area (Å²) in [5.74, 6) is -0.186. The predicted octanol–water partition coefficient (Wildman–Crippen LogP) is 5.08. The topological polar surface area (TPSA) is 45.6 Å². The van der Waals surface area contributed by atoms with Crippen LogP contribution < -0.4 is 4.90 Å². The van der Waals surface area contributed by atoms with Gasteiger partial charge < -0.3 is 0 Å². The van der Waals surface area contributed by atoms with Gasteiger partial charge in [0.05, 0.1) is 27.2 Å². The van der Waals surface area contributed by atoms with Crippen molar-refractivity contribution in [3.63, 3.8) is 0 Å². The first-order chi connectivity index (χ1) is 12.4. The van der Waals surface area contributed by atoms with Gasteiger partial charge in [0, 0.05) is 0 Å². The van der Waals surface area contributed by atoms with E-state index in [1.165, 1.54) is 40.1 Å². The number of hydrogen-bond donors (Lipinski definition) is 0. The Morgan fingerprint density at radius 1 is 1.12 bits per heavy atom. The van der Waals surface area contributed by atoms with Crippen LogP contribution in [0.25, 0.3) is 10.2 Å². The number of aromatic nitrogens is 1. The molecule has 26 heavy (non-hydrogen) atoms. The Kier molecular flexibility index (Phi) is 4.20. The van der Waals surface area contributed by atoms with Gasteiger partial charge in [0.2, 0.25) is 11.0 Å². The molecule has 0 spiro atoms. The van der Waals surface area contributed by atoms with E-state index in [9.17, 15) is 18.0 Å². The first kappa shape index (κ1) is 17.0. The highest BCUT2D eigenvalue weighted by Crippen LogP contribution is 2.35. The Hall–Kier alpha value is -2.39. The standard InChI is InChI=1S/C17H10F3N3OS2/c18-17(19,20)10-4-3-5-11(8-10)23-14(24)9-25-16(23)22-15-21-12-6-1-2-7-13(12)26-15/h1-8H,9H2/b22-16-. The molecule has 0 saturated carbocycles. The number of amidine groups is 1. The van der Waals surface area contributed by atoms with Crippen LogP contribution in [0.4, 0.5) is 24.0 Å². The molecular weight excluding hydrogens is 383 g/mol. The van der Waals surface area contributed by atoms with E-state index in [4.69, 9.17) is 0 Å². The fourth-order valence-electron chi connectivity index (χ4n) is 2.51. The summed E-state index contributed by atoms with van der Waals surface area (Å²) in [6, 6.07) is 12.2. The van der Waals surface area contributed by atoms with E-state index in [0.29, 0.717) is 10.3 Å². The van der Waals surface area contributed by atoms with Crippen molar-refractivity contribution in [2.75, 3.05) is 10.7 Å². The molecule has 1 aromatic heterocycles. The number of amides is 1. The Bertz CT molecular complexity index is 996. The van der Waals surface area contributed by atoms with Crippen LogP contribution in [0, 0.1) is 0 Å². The number of thiazole rings is 1. The molecule has 132 valence electrons. The zero-order chi connectivity index (χ0) is 18.3. The van der Waals surface area contributed by atoms with E-state index in [-0.39, 0.29) is 17.3 Å². The summed E-state index contributed by atoms with van der Waals surface area (Å²) >= 11 is 2.54. The van der Waals surface area contributed by atoms with Crippen molar-refractivity contribution < 1.29 is 18.0 Å². The van der Waals surface area contributed by atoms with Crippen LogP contribution in [0.1, 0.15) is 5.56 Å². The smallest absolute Gasteiger partial charge is 0.273 e. The number of carbonyl (C=O) groups is 1. The van der Waals surface area contributed by atoms with E-state index >= 15 is 0 Å². The molecule has 3 aromatic rings. The van der Waals surface area contributed by atoms with Crippen LogP contribution in [-0.2, 0) is 11.0 Å². The van der Waals surface area contributed by atoms with Gasteiger partial charge in [0.15, 0.2) is 5.17 Å². The van der Waals surface area contributed by atoms with Crippen molar-refractivity contribution in [2.45, 2.75) is 6.18 Å². The lowest BCUT2D eigenvalue weighted by Gasteiger charge is -2.17. The van der Waals surface area contributed by atoms with Crippen LogP contribution in [0.2, 0.25) is 0 Å². The van der Waals surface area contributed by atoms with Gasteiger partial charge in [0.25, 0.3) is 0 Å². The van der Waals surface area contributed by atoms with Crippen LogP contribution in [0.15, 0.2) is 53.5 Å². The van der Waals surface area contributed by atoms with Gasteiger partial charge in [0.1, 0.15) is 0 Å². The third-order valence-corrected chi connectivity index (χ3v) is 5.52. The molecule has 0 N–H and O–H groups in total. The number of carbonyl (C=O) groups excluding carboxylic acids is 1. The molecule has 0 radical (unpaired) electrons.